The Bertz CT molecular complexity index is 1360. The Hall–Kier alpha value is -4.06. The van der Waals surface area contributed by atoms with Gasteiger partial charge in [-0.1, -0.05) is 48.0 Å². The van der Waals surface area contributed by atoms with Crippen LogP contribution >= 0.6 is 0 Å². The molecule has 3 N–H and O–H groups in total. The first-order chi connectivity index (χ1) is 21.1. The summed E-state index contributed by atoms with van der Waals surface area (Å²) in [5.41, 5.74) is 9.98. The number of ether oxygens (including phenoxy) is 5. The molecule has 228 valence electrons. The molecule has 0 bridgehead atoms. The molecule has 0 atom stereocenters. The SMILES string of the molecule is Cc1ccc(-c2nn(-c3ccccc3)cc2C(=O)Nc2ccc(OCCOCCOCCOCCOCCN)cc2)cc1. The number of nitrogens with zero attached hydrogens (tertiary/aromatic N) is 2. The first-order valence-electron chi connectivity index (χ1n) is 14.4. The van der Waals surface area contributed by atoms with Crippen LogP contribution in [0, 0.1) is 6.92 Å². The highest BCUT2D eigenvalue weighted by Crippen LogP contribution is 2.26. The Morgan fingerprint density at radius 2 is 1.33 bits per heavy atom. The molecule has 1 amide bonds. The summed E-state index contributed by atoms with van der Waals surface area (Å²) in [6.07, 6.45) is 1.76. The summed E-state index contributed by atoms with van der Waals surface area (Å²) >= 11 is 0. The molecule has 0 spiro atoms. The van der Waals surface area contributed by atoms with Crippen molar-refractivity contribution < 1.29 is 28.5 Å². The molecule has 43 heavy (non-hydrogen) atoms. The number of aromatic nitrogens is 2. The number of nitrogens with one attached hydrogen (secondary N) is 1. The molecule has 3 aromatic carbocycles. The molecule has 0 fully saturated rings. The number of para-hydroxylation sites is 1. The Balaban J connectivity index is 1.20. The lowest BCUT2D eigenvalue weighted by molar-refractivity contribution is -0.00386. The lowest BCUT2D eigenvalue weighted by Gasteiger charge is -2.10. The van der Waals surface area contributed by atoms with E-state index in [1.165, 1.54) is 0 Å². The first-order valence-corrected chi connectivity index (χ1v) is 14.4. The van der Waals surface area contributed by atoms with Crippen molar-refractivity contribution in [2.24, 2.45) is 5.73 Å². The number of anilines is 1. The summed E-state index contributed by atoms with van der Waals surface area (Å²) in [4.78, 5) is 13.4. The molecule has 0 aliphatic heterocycles. The average molecular weight is 589 g/mol. The first kappa shape index (κ1) is 31.9. The zero-order valence-corrected chi connectivity index (χ0v) is 24.6. The highest BCUT2D eigenvalue weighted by Gasteiger charge is 2.19. The smallest absolute Gasteiger partial charge is 0.259 e. The van der Waals surface area contributed by atoms with E-state index in [-0.39, 0.29) is 5.91 Å². The molecule has 0 radical (unpaired) electrons. The van der Waals surface area contributed by atoms with Gasteiger partial charge >= 0.3 is 0 Å². The number of aryl methyl sites for hydroxylation is 1. The van der Waals surface area contributed by atoms with E-state index < -0.39 is 0 Å². The molecule has 0 saturated carbocycles. The highest BCUT2D eigenvalue weighted by molar-refractivity contribution is 6.08. The predicted octanol–water partition coefficient (Wildman–Crippen LogP) is 4.50. The van der Waals surface area contributed by atoms with Crippen molar-refractivity contribution in [1.29, 1.82) is 0 Å². The van der Waals surface area contributed by atoms with Gasteiger partial charge in [-0.2, -0.15) is 5.10 Å². The van der Waals surface area contributed by atoms with E-state index in [2.05, 4.69) is 5.32 Å². The van der Waals surface area contributed by atoms with E-state index in [9.17, 15) is 4.79 Å². The Morgan fingerprint density at radius 3 is 1.93 bits per heavy atom. The minimum absolute atomic E-state index is 0.245. The van der Waals surface area contributed by atoms with E-state index >= 15 is 0 Å². The molecule has 0 aliphatic carbocycles. The summed E-state index contributed by atoms with van der Waals surface area (Å²) in [5.74, 6) is 0.438. The van der Waals surface area contributed by atoms with Crippen LogP contribution in [0.1, 0.15) is 15.9 Å². The molecule has 10 heteroatoms. The van der Waals surface area contributed by atoms with Gasteiger partial charge in [-0.25, -0.2) is 4.68 Å². The van der Waals surface area contributed by atoms with Crippen molar-refractivity contribution >= 4 is 11.6 Å². The van der Waals surface area contributed by atoms with Crippen LogP contribution in [0.5, 0.6) is 5.75 Å². The Labute approximate surface area is 252 Å². The van der Waals surface area contributed by atoms with Crippen molar-refractivity contribution in [3.63, 3.8) is 0 Å². The molecule has 1 aromatic heterocycles. The molecule has 1 heterocycles. The normalized spacial score (nSPS) is 11.0. The maximum absolute atomic E-state index is 13.4. The summed E-state index contributed by atoms with van der Waals surface area (Å²) in [6.45, 7) is 6.95. The van der Waals surface area contributed by atoms with Crippen molar-refractivity contribution in [2.75, 3.05) is 71.3 Å². The van der Waals surface area contributed by atoms with Crippen LogP contribution in [0.4, 0.5) is 5.69 Å². The number of nitrogens with two attached hydrogens (primary N) is 1. The van der Waals surface area contributed by atoms with Crippen molar-refractivity contribution in [3.05, 3.63) is 96.2 Å². The molecule has 4 rings (SSSR count). The third kappa shape index (κ3) is 10.6. The molecule has 0 unspecified atom stereocenters. The number of carbonyl (C=O) groups excluding carboxylic acids is 1. The van der Waals surface area contributed by atoms with Gasteiger partial charge < -0.3 is 34.7 Å². The van der Waals surface area contributed by atoms with Crippen LogP contribution in [-0.2, 0) is 18.9 Å². The van der Waals surface area contributed by atoms with Gasteiger partial charge in [0.1, 0.15) is 18.1 Å². The van der Waals surface area contributed by atoms with Crippen LogP contribution < -0.4 is 15.8 Å². The second kappa shape index (κ2) is 17.8. The fourth-order valence-corrected chi connectivity index (χ4v) is 4.07. The van der Waals surface area contributed by atoms with E-state index in [0.717, 1.165) is 16.8 Å². The molecule has 10 nitrogen and oxygen atoms in total. The van der Waals surface area contributed by atoms with Crippen molar-refractivity contribution in [2.45, 2.75) is 6.92 Å². The number of rotatable bonds is 19. The van der Waals surface area contributed by atoms with Gasteiger partial charge in [0.2, 0.25) is 0 Å². The Morgan fingerprint density at radius 1 is 0.744 bits per heavy atom. The van der Waals surface area contributed by atoms with E-state index in [1.54, 1.807) is 10.9 Å². The molecule has 4 aromatic rings. The number of amides is 1. The van der Waals surface area contributed by atoms with Gasteiger partial charge in [0.25, 0.3) is 5.91 Å². The largest absolute Gasteiger partial charge is 0.491 e. The lowest BCUT2D eigenvalue weighted by atomic mass is 10.1. The van der Waals surface area contributed by atoms with Gasteiger partial charge in [0.15, 0.2) is 0 Å². The Kier molecular flexibility index (Phi) is 13.2. The zero-order valence-electron chi connectivity index (χ0n) is 24.6. The second-order valence-corrected chi connectivity index (χ2v) is 9.60. The minimum Gasteiger partial charge on any atom is -0.491 e. The van der Waals surface area contributed by atoms with Crippen molar-refractivity contribution in [3.8, 4) is 22.7 Å². The summed E-state index contributed by atoms with van der Waals surface area (Å²) in [6, 6.07) is 24.9. The number of carbonyl (C=O) groups is 1. The monoisotopic (exact) mass is 588 g/mol. The number of benzene rings is 3. The van der Waals surface area contributed by atoms with Gasteiger partial charge in [-0.15, -0.1) is 0 Å². The topological polar surface area (TPSA) is 119 Å². The molecular formula is C33H40N4O6. The van der Waals surface area contributed by atoms with Crippen LogP contribution in [0.2, 0.25) is 0 Å². The third-order valence-corrected chi connectivity index (χ3v) is 6.29. The average Bonchev–Trinajstić information content (AvgIpc) is 3.49. The van der Waals surface area contributed by atoms with Gasteiger partial charge in [0, 0.05) is 24.0 Å². The molecule has 0 saturated heterocycles. The number of hydrogen-bond acceptors (Lipinski definition) is 8. The maximum Gasteiger partial charge on any atom is 0.259 e. The fourth-order valence-electron chi connectivity index (χ4n) is 4.07. The van der Waals surface area contributed by atoms with E-state index in [4.69, 9.17) is 34.5 Å². The van der Waals surface area contributed by atoms with Gasteiger partial charge in [-0.05, 0) is 43.3 Å². The van der Waals surface area contributed by atoms with E-state index in [1.807, 2.05) is 85.8 Å². The molecular weight excluding hydrogens is 548 g/mol. The van der Waals surface area contributed by atoms with E-state index in [0.29, 0.717) is 88.7 Å². The standard InChI is InChI=1S/C33H40N4O6/c1-26-7-9-27(10-8-26)32-31(25-37(36-32)29-5-3-2-4-6-29)33(38)35-28-11-13-30(14-12-28)43-24-23-42-22-21-41-20-19-40-18-17-39-16-15-34/h2-14,25H,15-24,34H2,1H3,(H,35,38). The highest BCUT2D eigenvalue weighted by atomic mass is 16.6. The summed E-state index contributed by atoms with van der Waals surface area (Å²) in [5, 5.41) is 7.73. The maximum atomic E-state index is 13.4. The second-order valence-electron chi connectivity index (χ2n) is 9.60. The predicted molar refractivity (Wildman–Crippen MR) is 166 cm³/mol. The fraction of sp³-hybridized carbons (Fsp3) is 0.333. The van der Waals surface area contributed by atoms with Crippen LogP contribution in [0.3, 0.4) is 0 Å². The number of hydrogen-bond donors (Lipinski definition) is 2. The zero-order chi connectivity index (χ0) is 30.1. The molecule has 0 aliphatic rings. The van der Waals surface area contributed by atoms with Crippen LogP contribution in [0.15, 0.2) is 85.1 Å². The van der Waals surface area contributed by atoms with Gasteiger partial charge in [0.05, 0.1) is 64.1 Å². The summed E-state index contributed by atoms with van der Waals surface area (Å²) < 4.78 is 29.1. The lowest BCUT2D eigenvalue weighted by Crippen LogP contribution is -2.15. The quantitative estimate of drug-likeness (QED) is 0.154. The summed E-state index contributed by atoms with van der Waals surface area (Å²) in [7, 11) is 0. The van der Waals surface area contributed by atoms with Gasteiger partial charge in [-0.3, -0.25) is 4.79 Å². The van der Waals surface area contributed by atoms with Crippen molar-refractivity contribution in [1.82, 2.24) is 9.78 Å². The third-order valence-electron chi connectivity index (χ3n) is 6.29. The van der Waals surface area contributed by atoms with Crippen LogP contribution in [0.25, 0.3) is 16.9 Å². The van der Waals surface area contributed by atoms with Crippen LogP contribution in [-0.4, -0.2) is 81.7 Å². The minimum atomic E-state index is -0.245.